The minimum absolute atomic E-state index is 0.0717. The lowest BCUT2D eigenvalue weighted by molar-refractivity contribution is -0.384. The highest BCUT2D eigenvalue weighted by Gasteiger charge is 2.09. The first-order valence-electron chi connectivity index (χ1n) is 6.77. The molecule has 1 aromatic heterocycles. The molecular weight excluding hydrogens is 268 g/mol. The number of hydrogen-bond donors (Lipinski definition) is 2. The molecule has 0 unspecified atom stereocenters. The number of benzene rings is 1. The summed E-state index contributed by atoms with van der Waals surface area (Å²) in [5, 5.41) is 17.3. The van der Waals surface area contributed by atoms with Crippen molar-refractivity contribution in [3.8, 4) is 0 Å². The van der Waals surface area contributed by atoms with E-state index < -0.39 is 0 Å². The van der Waals surface area contributed by atoms with E-state index in [-0.39, 0.29) is 10.6 Å². The molecule has 0 aliphatic heterocycles. The molecule has 0 spiro atoms. The van der Waals surface area contributed by atoms with E-state index in [2.05, 4.69) is 15.6 Å². The molecular formula is C15H18N4O2. The summed E-state index contributed by atoms with van der Waals surface area (Å²) in [5.41, 5.74) is 3.73. The second-order valence-corrected chi connectivity index (χ2v) is 4.71. The molecule has 0 saturated heterocycles. The number of aromatic nitrogens is 1. The van der Waals surface area contributed by atoms with E-state index in [0.29, 0.717) is 13.1 Å². The van der Waals surface area contributed by atoms with Gasteiger partial charge in [0.2, 0.25) is 0 Å². The number of nitro benzene ring substituents is 1. The Kier molecular flexibility index (Phi) is 4.71. The van der Waals surface area contributed by atoms with Gasteiger partial charge in [0.25, 0.3) is 5.69 Å². The normalized spacial score (nSPS) is 10.2. The van der Waals surface area contributed by atoms with E-state index in [1.807, 2.05) is 26.0 Å². The Morgan fingerprint density at radius 3 is 2.57 bits per heavy atom. The molecule has 2 N–H and O–H groups in total. The summed E-state index contributed by atoms with van der Waals surface area (Å²) < 4.78 is 0. The molecule has 2 rings (SSSR count). The van der Waals surface area contributed by atoms with Crippen LogP contribution >= 0.6 is 0 Å². The van der Waals surface area contributed by atoms with Crippen LogP contribution in [0.2, 0.25) is 0 Å². The van der Waals surface area contributed by atoms with Crippen LogP contribution in [0.3, 0.4) is 0 Å². The summed E-state index contributed by atoms with van der Waals surface area (Å²) in [5.74, 6) is 0. The summed E-state index contributed by atoms with van der Waals surface area (Å²) in [4.78, 5) is 14.6. The molecule has 1 aromatic carbocycles. The number of rotatable bonds is 6. The zero-order valence-corrected chi connectivity index (χ0v) is 12.1. The van der Waals surface area contributed by atoms with Gasteiger partial charge in [-0.3, -0.25) is 15.1 Å². The van der Waals surface area contributed by atoms with Crippen LogP contribution < -0.4 is 10.6 Å². The number of non-ortho nitro benzene ring substituents is 1. The van der Waals surface area contributed by atoms with E-state index in [4.69, 9.17) is 0 Å². The van der Waals surface area contributed by atoms with Crippen LogP contribution in [0.1, 0.15) is 18.1 Å². The number of nitrogens with zero attached hydrogens (tertiary/aromatic N) is 2. The zero-order valence-electron chi connectivity index (χ0n) is 12.1. The predicted octanol–water partition coefficient (Wildman–Crippen LogP) is 3.34. The number of anilines is 2. The summed E-state index contributed by atoms with van der Waals surface area (Å²) >= 11 is 0. The fourth-order valence-corrected chi connectivity index (χ4v) is 2.02. The van der Waals surface area contributed by atoms with Gasteiger partial charge in [-0.05, 0) is 37.1 Å². The van der Waals surface area contributed by atoms with Crippen LogP contribution in [0.15, 0.2) is 36.7 Å². The van der Waals surface area contributed by atoms with Crippen molar-refractivity contribution in [3.05, 3.63) is 57.9 Å². The lowest BCUT2D eigenvalue weighted by atomic mass is 10.1. The van der Waals surface area contributed by atoms with Crippen LogP contribution in [-0.4, -0.2) is 16.5 Å². The van der Waals surface area contributed by atoms with Crippen molar-refractivity contribution in [2.75, 3.05) is 17.2 Å². The monoisotopic (exact) mass is 286 g/mol. The third-order valence-corrected chi connectivity index (χ3v) is 3.13. The Hall–Kier alpha value is -2.63. The standard InChI is InChI=1S/C15H18N4O2/c1-3-17-13-6-14(8-15(7-13)19(20)21)18-10-12-4-5-16-9-11(12)2/h4-9,17-18H,3,10H2,1-2H3. The van der Waals surface area contributed by atoms with Gasteiger partial charge in [0.15, 0.2) is 0 Å². The molecule has 0 aliphatic rings. The second-order valence-electron chi connectivity index (χ2n) is 4.71. The van der Waals surface area contributed by atoms with Crippen molar-refractivity contribution >= 4 is 17.1 Å². The van der Waals surface area contributed by atoms with Gasteiger partial charge in [-0.25, -0.2) is 0 Å². The molecule has 0 aliphatic carbocycles. The minimum atomic E-state index is -0.385. The molecule has 1 heterocycles. The average molecular weight is 286 g/mol. The van der Waals surface area contributed by atoms with Crippen molar-refractivity contribution in [2.24, 2.45) is 0 Å². The van der Waals surface area contributed by atoms with Gasteiger partial charge >= 0.3 is 0 Å². The van der Waals surface area contributed by atoms with E-state index >= 15 is 0 Å². The van der Waals surface area contributed by atoms with Crippen LogP contribution in [0.25, 0.3) is 0 Å². The smallest absolute Gasteiger partial charge is 0.273 e. The minimum Gasteiger partial charge on any atom is -0.385 e. The summed E-state index contributed by atoms with van der Waals surface area (Å²) in [6.45, 7) is 5.25. The maximum absolute atomic E-state index is 11.0. The molecule has 0 atom stereocenters. The Balaban J connectivity index is 2.19. The van der Waals surface area contributed by atoms with E-state index in [1.165, 1.54) is 12.1 Å². The Labute approximate surface area is 123 Å². The first-order chi connectivity index (χ1) is 10.1. The number of aryl methyl sites for hydroxylation is 1. The average Bonchev–Trinajstić information content (AvgIpc) is 2.46. The first kappa shape index (κ1) is 14.8. The molecule has 6 heteroatoms. The molecule has 21 heavy (non-hydrogen) atoms. The first-order valence-corrected chi connectivity index (χ1v) is 6.77. The predicted molar refractivity (Wildman–Crippen MR) is 83.6 cm³/mol. The molecule has 0 amide bonds. The van der Waals surface area contributed by atoms with Crippen molar-refractivity contribution in [1.82, 2.24) is 4.98 Å². The molecule has 6 nitrogen and oxygen atoms in total. The molecule has 0 radical (unpaired) electrons. The van der Waals surface area contributed by atoms with Gasteiger partial charge < -0.3 is 10.6 Å². The third kappa shape index (κ3) is 3.92. The topological polar surface area (TPSA) is 80.1 Å². The lowest BCUT2D eigenvalue weighted by Gasteiger charge is -2.11. The van der Waals surface area contributed by atoms with E-state index in [9.17, 15) is 10.1 Å². The molecule has 110 valence electrons. The highest BCUT2D eigenvalue weighted by atomic mass is 16.6. The number of pyridine rings is 1. The highest BCUT2D eigenvalue weighted by Crippen LogP contribution is 2.24. The molecule has 2 aromatic rings. The van der Waals surface area contributed by atoms with Gasteiger partial charge in [-0.1, -0.05) is 0 Å². The van der Waals surface area contributed by atoms with E-state index in [0.717, 1.165) is 22.5 Å². The van der Waals surface area contributed by atoms with Gasteiger partial charge in [-0.2, -0.15) is 0 Å². The van der Waals surface area contributed by atoms with Crippen molar-refractivity contribution < 1.29 is 4.92 Å². The summed E-state index contributed by atoms with van der Waals surface area (Å²) in [6, 6.07) is 6.88. The highest BCUT2D eigenvalue weighted by molar-refractivity contribution is 5.63. The van der Waals surface area contributed by atoms with Crippen LogP contribution in [0.5, 0.6) is 0 Å². The van der Waals surface area contributed by atoms with Gasteiger partial charge in [0.1, 0.15) is 0 Å². The maximum Gasteiger partial charge on any atom is 0.273 e. The maximum atomic E-state index is 11.0. The van der Waals surface area contributed by atoms with Gasteiger partial charge in [0.05, 0.1) is 4.92 Å². The molecule has 0 fully saturated rings. The largest absolute Gasteiger partial charge is 0.385 e. The fraction of sp³-hybridized carbons (Fsp3) is 0.267. The second kappa shape index (κ2) is 6.69. The number of nitrogens with one attached hydrogen (secondary N) is 2. The van der Waals surface area contributed by atoms with Crippen molar-refractivity contribution in [2.45, 2.75) is 20.4 Å². The lowest BCUT2D eigenvalue weighted by Crippen LogP contribution is -2.04. The van der Waals surface area contributed by atoms with Crippen LogP contribution in [0, 0.1) is 17.0 Å². The Morgan fingerprint density at radius 1 is 1.24 bits per heavy atom. The Bertz CT molecular complexity index is 643. The number of nitro groups is 1. The SMILES string of the molecule is CCNc1cc(NCc2ccncc2C)cc([N+](=O)[O-])c1. The Morgan fingerprint density at radius 2 is 1.95 bits per heavy atom. The number of hydrogen-bond acceptors (Lipinski definition) is 5. The van der Waals surface area contributed by atoms with Crippen molar-refractivity contribution in [1.29, 1.82) is 0 Å². The van der Waals surface area contributed by atoms with Gasteiger partial charge in [0, 0.05) is 49.0 Å². The fourth-order valence-electron chi connectivity index (χ4n) is 2.02. The summed E-state index contributed by atoms with van der Waals surface area (Å²) in [7, 11) is 0. The van der Waals surface area contributed by atoms with Crippen molar-refractivity contribution in [3.63, 3.8) is 0 Å². The zero-order chi connectivity index (χ0) is 15.2. The van der Waals surface area contributed by atoms with E-state index in [1.54, 1.807) is 12.4 Å². The molecule has 0 bridgehead atoms. The van der Waals surface area contributed by atoms with Crippen LogP contribution in [0.4, 0.5) is 17.1 Å². The quantitative estimate of drug-likeness (QED) is 0.629. The molecule has 0 saturated carbocycles. The summed E-state index contributed by atoms with van der Waals surface area (Å²) in [6.07, 6.45) is 3.54. The van der Waals surface area contributed by atoms with Gasteiger partial charge in [-0.15, -0.1) is 0 Å². The van der Waals surface area contributed by atoms with Crippen LogP contribution in [-0.2, 0) is 6.54 Å². The third-order valence-electron chi connectivity index (χ3n) is 3.13.